The van der Waals surface area contributed by atoms with Crippen molar-refractivity contribution in [1.29, 1.82) is 5.26 Å². The highest BCUT2D eigenvalue weighted by atomic mass is 16.2. The van der Waals surface area contributed by atoms with Gasteiger partial charge >= 0.3 is 0 Å². The Bertz CT molecular complexity index is 343. The second-order valence-electron chi connectivity index (χ2n) is 5.60. The van der Waals surface area contributed by atoms with Crippen LogP contribution in [-0.2, 0) is 4.79 Å². The number of carbonyl (C=O) groups is 1. The molecule has 2 fully saturated rings. The Kier molecular flexibility index (Phi) is 4.23. The van der Waals surface area contributed by atoms with Gasteiger partial charge in [-0.1, -0.05) is 19.8 Å². The van der Waals surface area contributed by atoms with Crippen molar-refractivity contribution in [1.82, 2.24) is 4.90 Å². The Hall–Kier alpha value is -1.08. The molecule has 1 saturated heterocycles. The minimum Gasteiger partial charge on any atom is -0.322 e. The van der Waals surface area contributed by atoms with E-state index in [0.717, 1.165) is 32.1 Å². The van der Waals surface area contributed by atoms with Crippen molar-refractivity contribution in [3.8, 4) is 6.07 Å². The van der Waals surface area contributed by atoms with Crippen LogP contribution in [0.3, 0.4) is 0 Å². The molecule has 1 aliphatic carbocycles. The van der Waals surface area contributed by atoms with Gasteiger partial charge in [0.15, 0.2) is 0 Å². The van der Waals surface area contributed by atoms with Crippen molar-refractivity contribution in [3.05, 3.63) is 0 Å². The van der Waals surface area contributed by atoms with Crippen LogP contribution in [0.5, 0.6) is 0 Å². The van der Waals surface area contributed by atoms with Gasteiger partial charge in [-0.15, -0.1) is 0 Å². The molecule has 3 atom stereocenters. The quantitative estimate of drug-likeness (QED) is 0.829. The minimum absolute atomic E-state index is 0.0119. The van der Waals surface area contributed by atoms with E-state index in [1.54, 1.807) is 4.90 Å². The topological polar surface area (TPSA) is 70.1 Å². The summed E-state index contributed by atoms with van der Waals surface area (Å²) in [6.07, 6.45) is 7.16. The molecule has 0 aromatic heterocycles. The molecule has 0 radical (unpaired) electrons. The summed E-state index contributed by atoms with van der Waals surface area (Å²) in [5.41, 5.74) is 6.14. The van der Waals surface area contributed by atoms with E-state index in [1.807, 2.05) is 0 Å². The Balaban J connectivity index is 2.07. The highest BCUT2D eigenvalue weighted by Crippen LogP contribution is 2.31. The maximum atomic E-state index is 12.5. The number of amides is 1. The lowest BCUT2D eigenvalue weighted by Gasteiger charge is -2.31. The molecular formula is C14H23N3O. The van der Waals surface area contributed by atoms with Crippen molar-refractivity contribution in [2.45, 2.75) is 70.0 Å². The van der Waals surface area contributed by atoms with Gasteiger partial charge in [0.1, 0.15) is 6.04 Å². The maximum Gasteiger partial charge on any atom is 0.241 e. The fourth-order valence-electron chi connectivity index (χ4n) is 3.43. The van der Waals surface area contributed by atoms with E-state index in [2.05, 4.69) is 13.0 Å². The zero-order valence-corrected chi connectivity index (χ0v) is 11.1. The van der Waals surface area contributed by atoms with E-state index in [9.17, 15) is 4.79 Å². The smallest absolute Gasteiger partial charge is 0.241 e. The van der Waals surface area contributed by atoms with E-state index in [0.29, 0.717) is 5.92 Å². The Morgan fingerprint density at radius 3 is 2.61 bits per heavy atom. The van der Waals surface area contributed by atoms with Crippen LogP contribution in [0.1, 0.15) is 51.9 Å². The second kappa shape index (κ2) is 5.71. The zero-order chi connectivity index (χ0) is 13.1. The summed E-state index contributed by atoms with van der Waals surface area (Å²) in [7, 11) is 0. The van der Waals surface area contributed by atoms with Crippen LogP contribution in [0.4, 0.5) is 0 Å². The fourth-order valence-corrected chi connectivity index (χ4v) is 3.43. The van der Waals surface area contributed by atoms with E-state index in [4.69, 9.17) is 11.0 Å². The predicted molar refractivity (Wildman–Crippen MR) is 69.5 cm³/mol. The molecule has 0 spiro atoms. The van der Waals surface area contributed by atoms with Crippen LogP contribution in [0.15, 0.2) is 0 Å². The largest absolute Gasteiger partial charge is 0.322 e. The molecular weight excluding hydrogens is 226 g/mol. The van der Waals surface area contributed by atoms with Gasteiger partial charge in [-0.05, 0) is 38.0 Å². The average molecular weight is 249 g/mol. The van der Waals surface area contributed by atoms with E-state index in [1.165, 1.54) is 12.8 Å². The number of likely N-dealkylation sites (tertiary alicyclic amines) is 1. The minimum atomic E-state index is -0.393. The summed E-state index contributed by atoms with van der Waals surface area (Å²) in [6.45, 7) is 2.08. The van der Waals surface area contributed by atoms with Gasteiger partial charge in [0.2, 0.25) is 5.91 Å². The number of rotatable bonds is 3. The molecule has 0 bridgehead atoms. The number of carbonyl (C=O) groups excluding carboxylic acids is 1. The van der Waals surface area contributed by atoms with Crippen LogP contribution in [0.2, 0.25) is 0 Å². The molecule has 1 saturated carbocycles. The molecule has 1 aliphatic heterocycles. The lowest BCUT2D eigenvalue weighted by Crippen LogP contribution is -2.51. The van der Waals surface area contributed by atoms with Gasteiger partial charge in [0.05, 0.1) is 12.1 Å². The third-order valence-corrected chi connectivity index (χ3v) is 4.57. The van der Waals surface area contributed by atoms with Crippen molar-refractivity contribution < 1.29 is 4.79 Å². The van der Waals surface area contributed by atoms with Gasteiger partial charge in [-0.3, -0.25) is 4.79 Å². The molecule has 2 rings (SSSR count). The summed E-state index contributed by atoms with van der Waals surface area (Å²) in [5, 5.41) is 9.16. The Morgan fingerprint density at radius 2 is 2.06 bits per heavy atom. The normalized spacial score (nSPS) is 30.4. The first-order valence-corrected chi connectivity index (χ1v) is 7.16. The fraction of sp³-hybridized carbons (Fsp3) is 0.857. The SMILES string of the molecule is CCC1CCC(C#N)N1C(=O)C(N)C1CCCC1. The number of nitrogens with two attached hydrogens (primary N) is 1. The first-order valence-electron chi connectivity index (χ1n) is 7.16. The summed E-state index contributed by atoms with van der Waals surface area (Å²) in [6, 6.07) is 1.82. The predicted octanol–water partition coefficient (Wildman–Crippen LogP) is 1.80. The molecule has 0 aromatic carbocycles. The van der Waals surface area contributed by atoms with Crippen LogP contribution in [0.25, 0.3) is 0 Å². The highest BCUT2D eigenvalue weighted by molar-refractivity contribution is 5.83. The van der Waals surface area contributed by atoms with Gasteiger partial charge in [-0.25, -0.2) is 0 Å². The van der Waals surface area contributed by atoms with E-state index < -0.39 is 6.04 Å². The summed E-state index contributed by atoms with van der Waals surface area (Å²) < 4.78 is 0. The van der Waals surface area contributed by atoms with E-state index >= 15 is 0 Å². The van der Waals surface area contributed by atoms with Gasteiger partial charge in [-0.2, -0.15) is 5.26 Å². The Morgan fingerprint density at radius 1 is 1.39 bits per heavy atom. The third kappa shape index (κ3) is 2.37. The number of hydrogen-bond donors (Lipinski definition) is 1. The van der Waals surface area contributed by atoms with Crippen LogP contribution in [0, 0.1) is 17.2 Å². The molecule has 100 valence electrons. The van der Waals surface area contributed by atoms with Gasteiger partial charge < -0.3 is 10.6 Å². The zero-order valence-electron chi connectivity index (χ0n) is 11.1. The van der Waals surface area contributed by atoms with Crippen molar-refractivity contribution in [2.75, 3.05) is 0 Å². The molecule has 1 heterocycles. The van der Waals surface area contributed by atoms with Crippen molar-refractivity contribution >= 4 is 5.91 Å². The highest BCUT2D eigenvalue weighted by Gasteiger charge is 2.40. The summed E-state index contributed by atoms with van der Waals surface area (Å²) in [5.74, 6) is 0.341. The molecule has 1 amide bonds. The van der Waals surface area contributed by atoms with Gasteiger partial charge in [0, 0.05) is 6.04 Å². The molecule has 0 aromatic rings. The summed E-state index contributed by atoms with van der Waals surface area (Å²) in [4.78, 5) is 14.3. The van der Waals surface area contributed by atoms with Crippen LogP contribution >= 0.6 is 0 Å². The second-order valence-corrected chi connectivity index (χ2v) is 5.60. The first kappa shape index (κ1) is 13.4. The monoisotopic (exact) mass is 249 g/mol. The molecule has 4 nitrogen and oxygen atoms in total. The first-order chi connectivity index (χ1) is 8.69. The standard InChI is InChI=1S/C14H23N3O/c1-2-11-7-8-12(9-15)17(11)14(18)13(16)10-5-3-4-6-10/h10-13H,2-8,16H2,1H3. The van der Waals surface area contributed by atoms with E-state index in [-0.39, 0.29) is 18.0 Å². The lowest BCUT2D eigenvalue weighted by molar-refractivity contribution is -0.135. The third-order valence-electron chi connectivity index (χ3n) is 4.57. The average Bonchev–Trinajstić information content (AvgIpc) is 3.05. The molecule has 2 aliphatic rings. The summed E-state index contributed by atoms with van der Waals surface area (Å²) >= 11 is 0. The Labute approximate surface area is 109 Å². The maximum absolute atomic E-state index is 12.5. The lowest BCUT2D eigenvalue weighted by atomic mass is 9.97. The molecule has 18 heavy (non-hydrogen) atoms. The van der Waals surface area contributed by atoms with Crippen LogP contribution < -0.4 is 5.73 Å². The van der Waals surface area contributed by atoms with Crippen LogP contribution in [-0.4, -0.2) is 28.9 Å². The molecule has 2 N–H and O–H groups in total. The molecule has 4 heteroatoms. The number of nitrogens with zero attached hydrogens (tertiary/aromatic N) is 2. The molecule has 3 unspecified atom stereocenters. The van der Waals surface area contributed by atoms with Crippen molar-refractivity contribution in [2.24, 2.45) is 11.7 Å². The number of nitriles is 1. The van der Waals surface area contributed by atoms with Gasteiger partial charge in [0.25, 0.3) is 0 Å². The van der Waals surface area contributed by atoms with Crippen molar-refractivity contribution in [3.63, 3.8) is 0 Å². The number of hydrogen-bond acceptors (Lipinski definition) is 3.